The van der Waals surface area contributed by atoms with Gasteiger partial charge in [-0.3, -0.25) is 14.3 Å². The Kier molecular flexibility index (Phi) is 3.79. The fourth-order valence-electron chi connectivity index (χ4n) is 4.17. The van der Waals surface area contributed by atoms with Crippen molar-refractivity contribution in [1.29, 1.82) is 0 Å². The van der Waals surface area contributed by atoms with Crippen LogP contribution in [0.4, 0.5) is 11.4 Å². The first-order valence-electron chi connectivity index (χ1n) is 9.46. The summed E-state index contributed by atoms with van der Waals surface area (Å²) in [6.07, 6.45) is 3.29. The molecule has 0 N–H and O–H groups in total. The molecule has 0 spiro atoms. The second-order valence-corrected chi connectivity index (χ2v) is 7.24. The molecule has 1 aromatic heterocycles. The highest BCUT2D eigenvalue weighted by Crippen LogP contribution is 2.31. The summed E-state index contributed by atoms with van der Waals surface area (Å²) in [6, 6.07) is 15.8. The molecule has 5 rings (SSSR count). The molecule has 28 heavy (non-hydrogen) atoms. The lowest BCUT2D eigenvalue weighted by Crippen LogP contribution is -2.34. The maximum Gasteiger partial charge on any atom is 0.279 e. The van der Waals surface area contributed by atoms with E-state index in [4.69, 9.17) is 0 Å². The number of carbonyl (C=O) groups excluding carboxylic acids is 2. The van der Waals surface area contributed by atoms with Gasteiger partial charge in [-0.2, -0.15) is 5.10 Å². The van der Waals surface area contributed by atoms with Gasteiger partial charge >= 0.3 is 0 Å². The van der Waals surface area contributed by atoms with Crippen molar-refractivity contribution in [2.45, 2.75) is 12.8 Å². The molecule has 0 bridgehead atoms. The Bertz CT molecular complexity index is 1020. The number of hydrogen-bond acceptors (Lipinski definition) is 3. The van der Waals surface area contributed by atoms with E-state index >= 15 is 0 Å². The maximum atomic E-state index is 13.3. The van der Waals surface area contributed by atoms with Crippen molar-refractivity contribution >= 4 is 23.2 Å². The Labute approximate surface area is 163 Å². The zero-order chi connectivity index (χ0) is 19.3. The summed E-state index contributed by atoms with van der Waals surface area (Å²) in [4.78, 5) is 30.1. The SMILES string of the molecule is Cn1cc(C(=O)N2CCc3ccccc32)c(C(=O)N2CCc3ccccc32)n1. The van der Waals surface area contributed by atoms with E-state index in [1.807, 2.05) is 48.5 Å². The molecular weight excluding hydrogens is 352 g/mol. The van der Waals surface area contributed by atoms with Crippen LogP contribution in [0.1, 0.15) is 32.0 Å². The van der Waals surface area contributed by atoms with Crippen molar-refractivity contribution in [3.63, 3.8) is 0 Å². The molecule has 3 aromatic rings. The average Bonchev–Trinajstić information content (AvgIpc) is 3.43. The van der Waals surface area contributed by atoms with Crippen LogP contribution in [0.5, 0.6) is 0 Å². The summed E-state index contributed by atoms with van der Waals surface area (Å²) in [7, 11) is 1.74. The van der Waals surface area contributed by atoms with E-state index < -0.39 is 0 Å². The van der Waals surface area contributed by atoms with Crippen molar-refractivity contribution < 1.29 is 9.59 Å². The van der Waals surface area contributed by atoms with Crippen LogP contribution >= 0.6 is 0 Å². The molecule has 0 aliphatic carbocycles. The Morgan fingerprint density at radius 2 is 1.36 bits per heavy atom. The van der Waals surface area contributed by atoms with Crippen LogP contribution in [-0.4, -0.2) is 34.7 Å². The van der Waals surface area contributed by atoms with Gasteiger partial charge < -0.3 is 9.80 Å². The third kappa shape index (κ3) is 2.52. The molecule has 0 radical (unpaired) electrons. The standard InChI is InChI=1S/C22H20N4O2/c1-24-14-17(21(27)25-12-10-15-6-2-4-8-18(15)25)20(23-24)22(28)26-13-11-16-7-3-5-9-19(16)26/h2-9,14H,10-13H2,1H3. The summed E-state index contributed by atoms with van der Waals surface area (Å²) in [5.41, 5.74) is 4.70. The first-order valence-corrected chi connectivity index (χ1v) is 9.46. The van der Waals surface area contributed by atoms with E-state index in [0.717, 1.165) is 35.3 Å². The Morgan fingerprint density at radius 1 is 0.821 bits per heavy atom. The van der Waals surface area contributed by atoms with Gasteiger partial charge in [0.1, 0.15) is 0 Å². The quantitative estimate of drug-likeness (QED) is 0.695. The van der Waals surface area contributed by atoms with E-state index in [9.17, 15) is 9.59 Å². The monoisotopic (exact) mass is 372 g/mol. The highest BCUT2D eigenvalue weighted by Gasteiger charge is 2.33. The third-order valence-electron chi connectivity index (χ3n) is 5.53. The van der Waals surface area contributed by atoms with Gasteiger partial charge in [-0.15, -0.1) is 0 Å². The number of hydrogen-bond donors (Lipinski definition) is 0. The lowest BCUT2D eigenvalue weighted by Gasteiger charge is -2.19. The first-order chi connectivity index (χ1) is 13.6. The smallest absolute Gasteiger partial charge is 0.279 e. The summed E-state index contributed by atoms with van der Waals surface area (Å²) in [5, 5.41) is 4.35. The van der Waals surface area contributed by atoms with Gasteiger partial charge in [0.05, 0.1) is 5.56 Å². The van der Waals surface area contributed by atoms with Crippen LogP contribution in [0.25, 0.3) is 0 Å². The molecule has 2 aliphatic rings. The lowest BCUT2D eigenvalue weighted by molar-refractivity contribution is 0.0954. The van der Waals surface area contributed by atoms with Crippen LogP contribution in [0.3, 0.4) is 0 Å². The zero-order valence-corrected chi connectivity index (χ0v) is 15.6. The van der Waals surface area contributed by atoms with Crippen molar-refractivity contribution in [3.05, 3.63) is 77.1 Å². The van der Waals surface area contributed by atoms with Gasteiger partial charge in [0, 0.05) is 37.7 Å². The lowest BCUT2D eigenvalue weighted by atomic mass is 10.1. The number of benzene rings is 2. The van der Waals surface area contributed by atoms with E-state index in [1.54, 1.807) is 27.7 Å². The molecular formula is C22H20N4O2. The van der Waals surface area contributed by atoms with Crippen LogP contribution in [0.15, 0.2) is 54.7 Å². The van der Waals surface area contributed by atoms with E-state index in [1.165, 1.54) is 0 Å². The Balaban J connectivity index is 1.50. The fraction of sp³-hybridized carbons (Fsp3) is 0.227. The minimum absolute atomic E-state index is 0.172. The number of anilines is 2. The number of aromatic nitrogens is 2. The second kappa shape index (κ2) is 6.34. The number of amides is 2. The van der Waals surface area contributed by atoms with Gasteiger partial charge in [-0.25, -0.2) is 0 Å². The number of fused-ring (bicyclic) bond motifs is 2. The highest BCUT2D eigenvalue weighted by atomic mass is 16.2. The molecule has 0 atom stereocenters. The largest absolute Gasteiger partial charge is 0.308 e. The number of para-hydroxylation sites is 2. The number of nitrogens with zero attached hydrogens (tertiary/aromatic N) is 4. The summed E-state index contributed by atoms with van der Waals surface area (Å²) < 4.78 is 1.55. The Hall–Kier alpha value is -3.41. The highest BCUT2D eigenvalue weighted by molar-refractivity contribution is 6.16. The van der Waals surface area contributed by atoms with E-state index in [0.29, 0.717) is 18.7 Å². The number of carbonyl (C=O) groups is 2. The summed E-state index contributed by atoms with van der Waals surface area (Å²) >= 11 is 0. The molecule has 2 aromatic carbocycles. The molecule has 6 nitrogen and oxygen atoms in total. The first kappa shape index (κ1) is 16.7. The van der Waals surface area contributed by atoms with Crippen LogP contribution < -0.4 is 9.80 Å². The fourth-order valence-corrected chi connectivity index (χ4v) is 4.17. The van der Waals surface area contributed by atoms with Gasteiger partial charge in [0.15, 0.2) is 5.69 Å². The van der Waals surface area contributed by atoms with Crippen molar-refractivity contribution in [1.82, 2.24) is 9.78 Å². The molecule has 0 fully saturated rings. The molecule has 3 heterocycles. The molecule has 6 heteroatoms. The minimum Gasteiger partial charge on any atom is -0.308 e. The van der Waals surface area contributed by atoms with Crippen molar-refractivity contribution in [3.8, 4) is 0 Å². The topological polar surface area (TPSA) is 58.4 Å². The molecule has 140 valence electrons. The molecule has 0 saturated carbocycles. The van der Waals surface area contributed by atoms with Crippen LogP contribution in [0.2, 0.25) is 0 Å². The number of rotatable bonds is 2. The predicted molar refractivity (Wildman–Crippen MR) is 107 cm³/mol. The van der Waals surface area contributed by atoms with Gasteiger partial charge in [-0.1, -0.05) is 36.4 Å². The Morgan fingerprint density at radius 3 is 1.96 bits per heavy atom. The average molecular weight is 372 g/mol. The zero-order valence-electron chi connectivity index (χ0n) is 15.6. The van der Waals surface area contributed by atoms with Gasteiger partial charge in [-0.05, 0) is 36.1 Å². The molecule has 2 aliphatic heterocycles. The van der Waals surface area contributed by atoms with E-state index in [2.05, 4.69) is 5.10 Å². The third-order valence-corrected chi connectivity index (χ3v) is 5.53. The summed E-state index contributed by atoms with van der Waals surface area (Å²) in [6.45, 7) is 1.22. The second-order valence-electron chi connectivity index (χ2n) is 7.24. The van der Waals surface area contributed by atoms with Gasteiger partial charge in [0.25, 0.3) is 11.8 Å². The predicted octanol–water partition coefficient (Wildman–Crippen LogP) is 2.83. The van der Waals surface area contributed by atoms with E-state index in [-0.39, 0.29) is 17.5 Å². The molecule has 2 amide bonds. The number of aryl methyl sites for hydroxylation is 1. The van der Waals surface area contributed by atoms with Crippen LogP contribution in [0, 0.1) is 0 Å². The van der Waals surface area contributed by atoms with Crippen molar-refractivity contribution in [2.24, 2.45) is 7.05 Å². The molecule has 0 unspecified atom stereocenters. The minimum atomic E-state index is -0.221. The van der Waals surface area contributed by atoms with Gasteiger partial charge in [0.2, 0.25) is 0 Å². The maximum absolute atomic E-state index is 13.3. The molecule has 0 saturated heterocycles. The normalized spacial score (nSPS) is 14.9. The van der Waals surface area contributed by atoms with Crippen molar-refractivity contribution in [2.75, 3.05) is 22.9 Å². The summed E-state index contributed by atoms with van der Waals surface area (Å²) in [5.74, 6) is -0.393. The van der Waals surface area contributed by atoms with Crippen LogP contribution in [-0.2, 0) is 19.9 Å².